The first kappa shape index (κ1) is 15.1. The van der Waals surface area contributed by atoms with Crippen molar-refractivity contribution in [2.45, 2.75) is 18.9 Å². The van der Waals surface area contributed by atoms with Crippen LogP contribution in [0.5, 0.6) is 0 Å². The third-order valence-corrected chi connectivity index (χ3v) is 2.17. The third kappa shape index (κ3) is 4.72. The monoisotopic (exact) mass is 227 g/mol. The summed E-state index contributed by atoms with van der Waals surface area (Å²) in [7, 11) is 0. The molecule has 0 bridgehead atoms. The van der Waals surface area contributed by atoms with E-state index < -0.39 is 5.60 Å². The zero-order chi connectivity index (χ0) is 12.4. The van der Waals surface area contributed by atoms with Gasteiger partial charge in [-0.25, -0.2) is 0 Å². The van der Waals surface area contributed by atoms with Crippen molar-refractivity contribution >= 4 is 0 Å². The van der Waals surface area contributed by atoms with Gasteiger partial charge in [-0.3, -0.25) is 0 Å². The maximum Gasteiger partial charge on any atom is 0.104 e. The summed E-state index contributed by atoms with van der Waals surface area (Å²) in [4.78, 5) is 0. The maximum absolute atomic E-state index is 10.0. The normalized spacial score (nSPS) is 13.6. The first-order valence-electron chi connectivity index (χ1n) is 5.34. The van der Waals surface area contributed by atoms with Crippen LogP contribution in [-0.4, -0.2) is 35.1 Å². The van der Waals surface area contributed by atoms with Crippen molar-refractivity contribution in [3.8, 4) is 0 Å². The van der Waals surface area contributed by atoms with Crippen LogP contribution in [0.3, 0.4) is 0 Å². The molecule has 1 aromatic carbocycles. The fourth-order valence-corrected chi connectivity index (χ4v) is 1.30. The Bertz CT molecular complexity index is 266. The Morgan fingerprint density at radius 3 is 2.06 bits per heavy atom. The number of hydrogen-bond donors (Lipinski definition) is 4. The predicted molar refractivity (Wildman–Crippen MR) is 63.9 cm³/mol. The predicted octanol–water partition coefficient (Wildman–Crippen LogP) is 0.214. The zero-order valence-electron chi connectivity index (χ0n) is 9.63. The largest absolute Gasteiger partial charge is 0.397 e. The summed E-state index contributed by atoms with van der Waals surface area (Å²) in [6.45, 7) is 1.99. The summed E-state index contributed by atoms with van der Waals surface area (Å²) in [5.74, 6) is 0. The van der Waals surface area contributed by atoms with E-state index in [1.165, 1.54) is 0 Å². The molecule has 0 aliphatic rings. The second-order valence-corrected chi connectivity index (χ2v) is 3.39. The van der Waals surface area contributed by atoms with Crippen LogP contribution in [0.4, 0.5) is 0 Å². The van der Waals surface area contributed by atoms with Gasteiger partial charge in [-0.2, -0.15) is 0 Å². The van der Waals surface area contributed by atoms with E-state index in [1.54, 1.807) is 6.92 Å². The van der Waals surface area contributed by atoms with Crippen molar-refractivity contribution in [1.82, 2.24) is 0 Å². The summed E-state index contributed by atoms with van der Waals surface area (Å²) < 4.78 is 0. The van der Waals surface area contributed by atoms with E-state index >= 15 is 0 Å². The fraction of sp³-hybridized carbons (Fsp3) is 0.500. The minimum Gasteiger partial charge on any atom is -0.397 e. The topological polar surface area (TPSA) is 86.7 Å². The van der Waals surface area contributed by atoms with Crippen molar-refractivity contribution in [2.75, 3.05) is 19.8 Å². The third-order valence-electron chi connectivity index (χ3n) is 2.17. The van der Waals surface area contributed by atoms with Crippen LogP contribution in [0.2, 0.25) is 0 Å². The van der Waals surface area contributed by atoms with Gasteiger partial charge in [0.05, 0.1) is 0 Å². The Morgan fingerprint density at radius 1 is 1.19 bits per heavy atom. The summed E-state index contributed by atoms with van der Waals surface area (Å²) in [5, 5.41) is 26.4. The van der Waals surface area contributed by atoms with Gasteiger partial charge >= 0.3 is 0 Å². The average molecular weight is 227 g/mol. The minimum atomic E-state index is -1.09. The molecule has 0 saturated carbocycles. The first-order valence-corrected chi connectivity index (χ1v) is 5.34. The lowest BCUT2D eigenvalue weighted by Gasteiger charge is -2.26. The average Bonchev–Trinajstić information content (AvgIpc) is 2.31. The molecular formula is C12H21NO3. The van der Waals surface area contributed by atoms with Crippen molar-refractivity contribution < 1.29 is 15.3 Å². The number of aliphatic hydroxyl groups excluding tert-OH is 2. The van der Waals surface area contributed by atoms with Gasteiger partial charge in [-0.05, 0) is 12.5 Å². The molecule has 16 heavy (non-hydrogen) atoms. The molecule has 0 aromatic heterocycles. The number of nitrogens with two attached hydrogens (primary N) is 1. The van der Waals surface area contributed by atoms with E-state index in [4.69, 9.17) is 15.9 Å². The molecule has 0 radical (unpaired) electrons. The van der Waals surface area contributed by atoms with Gasteiger partial charge in [0.15, 0.2) is 0 Å². The highest BCUT2D eigenvalue weighted by Crippen LogP contribution is 2.22. The van der Waals surface area contributed by atoms with Gasteiger partial charge in [0.25, 0.3) is 0 Å². The van der Waals surface area contributed by atoms with E-state index in [0.717, 1.165) is 5.56 Å². The van der Waals surface area contributed by atoms with Gasteiger partial charge in [0.1, 0.15) is 5.60 Å². The van der Waals surface area contributed by atoms with Crippen molar-refractivity contribution in [3.05, 3.63) is 35.9 Å². The molecule has 0 saturated heterocycles. The van der Waals surface area contributed by atoms with Crippen LogP contribution in [0.1, 0.15) is 18.9 Å². The van der Waals surface area contributed by atoms with Crippen LogP contribution in [-0.2, 0) is 5.60 Å². The van der Waals surface area contributed by atoms with Crippen molar-refractivity contribution in [1.29, 1.82) is 0 Å². The van der Waals surface area contributed by atoms with Gasteiger partial charge in [0, 0.05) is 26.2 Å². The number of benzene rings is 1. The molecule has 5 N–H and O–H groups in total. The standard InChI is InChI=1S/C10H15NO2.C2H6O/c11-8-10(13,6-7-12)9-4-2-1-3-5-9;1-2-3/h1-5,12-13H,6-8,11H2;3H,2H2,1H3. The molecule has 0 amide bonds. The minimum absolute atomic E-state index is 0.0669. The molecule has 0 aliphatic heterocycles. The Balaban J connectivity index is 0.000000673. The molecule has 0 heterocycles. The maximum atomic E-state index is 10.0. The van der Waals surface area contributed by atoms with E-state index in [-0.39, 0.29) is 26.2 Å². The smallest absolute Gasteiger partial charge is 0.104 e. The Hall–Kier alpha value is -0.940. The van der Waals surface area contributed by atoms with E-state index in [1.807, 2.05) is 30.3 Å². The van der Waals surface area contributed by atoms with E-state index in [0.29, 0.717) is 0 Å². The molecule has 1 unspecified atom stereocenters. The van der Waals surface area contributed by atoms with Gasteiger partial charge in [-0.15, -0.1) is 0 Å². The summed E-state index contributed by atoms with van der Waals surface area (Å²) in [6.07, 6.45) is 0.271. The van der Waals surface area contributed by atoms with Crippen LogP contribution in [0.15, 0.2) is 30.3 Å². The molecule has 92 valence electrons. The van der Waals surface area contributed by atoms with Crippen LogP contribution in [0, 0.1) is 0 Å². The summed E-state index contributed by atoms with van der Waals surface area (Å²) in [5.41, 5.74) is 5.13. The number of rotatable bonds is 4. The highest BCUT2D eigenvalue weighted by molar-refractivity contribution is 5.22. The quantitative estimate of drug-likeness (QED) is 0.592. The highest BCUT2D eigenvalue weighted by atomic mass is 16.3. The van der Waals surface area contributed by atoms with Crippen LogP contribution in [0.25, 0.3) is 0 Å². The Kier molecular flexibility index (Phi) is 7.76. The van der Waals surface area contributed by atoms with Gasteiger partial charge in [0.2, 0.25) is 0 Å². The first-order chi connectivity index (χ1) is 7.64. The lowest BCUT2D eigenvalue weighted by Crippen LogP contribution is -2.35. The molecule has 4 heteroatoms. The Morgan fingerprint density at radius 2 is 1.69 bits per heavy atom. The van der Waals surface area contributed by atoms with Crippen molar-refractivity contribution in [3.63, 3.8) is 0 Å². The highest BCUT2D eigenvalue weighted by Gasteiger charge is 2.26. The molecule has 0 fully saturated rings. The lowest BCUT2D eigenvalue weighted by atomic mass is 9.91. The second kappa shape index (κ2) is 8.24. The summed E-state index contributed by atoms with van der Waals surface area (Å²) in [6, 6.07) is 9.17. The molecule has 0 aliphatic carbocycles. The van der Waals surface area contributed by atoms with Crippen molar-refractivity contribution in [2.24, 2.45) is 5.73 Å². The SMILES string of the molecule is CCO.NCC(O)(CCO)c1ccccc1. The summed E-state index contributed by atoms with van der Waals surface area (Å²) >= 11 is 0. The zero-order valence-corrected chi connectivity index (χ0v) is 9.63. The van der Waals surface area contributed by atoms with Gasteiger partial charge in [-0.1, -0.05) is 30.3 Å². The fourth-order valence-electron chi connectivity index (χ4n) is 1.30. The molecular weight excluding hydrogens is 206 g/mol. The molecule has 0 spiro atoms. The molecule has 1 aromatic rings. The molecule has 1 rings (SSSR count). The second-order valence-electron chi connectivity index (χ2n) is 3.39. The van der Waals surface area contributed by atoms with Crippen LogP contribution >= 0.6 is 0 Å². The van der Waals surface area contributed by atoms with E-state index in [2.05, 4.69) is 0 Å². The molecule has 1 atom stereocenters. The van der Waals surface area contributed by atoms with Crippen LogP contribution < -0.4 is 5.73 Å². The van der Waals surface area contributed by atoms with E-state index in [9.17, 15) is 5.11 Å². The number of aliphatic hydroxyl groups is 3. The lowest BCUT2D eigenvalue weighted by molar-refractivity contribution is 0.0200. The molecule has 4 nitrogen and oxygen atoms in total. The number of hydrogen-bond acceptors (Lipinski definition) is 4. The van der Waals surface area contributed by atoms with Gasteiger partial charge < -0.3 is 21.1 Å². The Labute approximate surface area is 96.3 Å².